The Morgan fingerprint density at radius 3 is 2.58 bits per heavy atom. The lowest BCUT2D eigenvalue weighted by atomic mass is 10.0. The molecule has 1 heterocycles. The fourth-order valence-corrected chi connectivity index (χ4v) is 3.79. The molecule has 0 N–H and O–H groups in total. The van der Waals surface area contributed by atoms with Crippen molar-refractivity contribution in [2.75, 3.05) is 13.7 Å². The predicted octanol–water partition coefficient (Wildman–Crippen LogP) is 2.91. The summed E-state index contributed by atoms with van der Waals surface area (Å²) in [5, 5.41) is 5.08. The molecule has 1 aliphatic rings. The van der Waals surface area contributed by atoms with E-state index in [1.807, 2.05) is 18.2 Å². The van der Waals surface area contributed by atoms with Gasteiger partial charge in [-0.3, -0.25) is 9.59 Å². The molecule has 1 aromatic heterocycles. The number of para-hydroxylation sites is 1. The van der Waals surface area contributed by atoms with Crippen LogP contribution >= 0.6 is 0 Å². The zero-order valence-electron chi connectivity index (χ0n) is 15.9. The standard InChI is InChI=1S/C19H26N2O4Si/c1-24-18(23)19(9-10-19)17-16(22)14-7-5-6-8-15(14)21(20-17)13-25-11-12-26(2,3)4/h5-8H,9-13H2,1-4H3. The summed E-state index contributed by atoms with van der Waals surface area (Å²) in [5.41, 5.74) is -0.0933. The van der Waals surface area contributed by atoms with Crippen LogP contribution in [0.25, 0.3) is 10.9 Å². The number of aromatic nitrogens is 2. The highest BCUT2D eigenvalue weighted by molar-refractivity contribution is 6.76. The van der Waals surface area contributed by atoms with Crippen LogP contribution in [0.2, 0.25) is 25.7 Å². The Balaban J connectivity index is 1.96. The Labute approximate surface area is 154 Å². The predicted molar refractivity (Wildman–Crippen MR) is 103 cm³/mol. The lowest BCUT2D eigenvalue weighted by Crippen LogP contribution is -2.32. The maximum Gasteiger partial charge on any atom is 0.318 e. The van der Waals surface area contributed by atoms with Gasteiger partial charge in [0, 0.05) is 20.1 Å². The lowest BCUT2D eigenvalue weighted by molar-refractivity contribution is -0.143. The maximum atomic E-state index is 12.9. The maximum absolute atomic E-state index is 12.9. The molecule has 1 aromatic carbocycles. The summed E-state index contributed by atoms with van der Waals surface area (Å²) >= 11 is 0. The van der Waals surface area contributed by atoms with E-state index in [0.717, 1.165) is 11.6 Å². The van der Waals surface area contributed by atoms with Gasteiger partial charge < -0.3 is 9.47 Å². The summed E-state index contributed by atoms with van der Waals surface area (Å²) in [4.78, 5) is 25.2. The molecule has 3 rings (SSSR count). The van der Waals surface area contributed by atoms with Gasteiger partial charge in [-0.2, -0.15) is 5.10 Å². The van der Waals surface area contributed by atoms with E-state index in [1.54, 1.807) is 10.7 Å². The summed E-state index contributed by atoms with van der Waals surface area (Å²) in [6, 6.07) is 8.38. The highest BCUT2D eigenvalue weighted by atomic mass is 28.3. The number of esters is 1. The third-order valence-electron chi connectivity index (χ3n) is 4.85. The summed E-state index contributed by atoms with van der Waals surface area (Å²) in [6.07, 6.45) is 1.19. The number of fused-ring (bicyclic) bond motifs is 1. The van der Waals surface area contributed by atoms with E-state index in [4.69, 9.17) is 9.47 Å². The molecule has 7 heteroatoms. The van der Waals surface area contributed by atoms with Crippen LogP contribution in [0.1, 0.15) is 18.5 Å². The highest BCUT2D eigenvalue weighted by Crippen LogP contribution is 2.47. The molecule has 0 radical (unpaired) electrons. The molecular weight excluding hydrogens is 348 g/mol. The molecule has 1 aliphatic carbocycles. The van der Waals surface area contributed by atoms with E-state index in [-0.39, 0.29) is 23.8 Å². The smallest absolute Gasteiger partial charge is 0.318 e. The SMILES string of the molecule is COC(=O)C1(c2nn(COCC[Si](C)(C)C)c3ccccc3c2=O)CC1. The van der Waals surface area contributed by atoms with Gasteiger partial charge in [0.15, 0.2) is 0 Å². The molecule has 0 amide bonds. The number of carbonyl (C=O) groups excluding carboxylic acids is 1. The first-order valence-electron chi connectivity index (χ1n) is 8.95. The molecule has 140 valence electrons. The number of methoxy groups -OCH3 is 1. The molecule has 26 heavy (non-hydrogen) atoms. The van der Waals surface area contributed by atoms with E-state index in [1.165, 1.54) is 7.11 Å². The molecule has 1 fully saturated rings. The Morgan fingerprint density at radius 1 is 1.27 bits per heavy atom. The second-order valence-corrected chi connectivity index (χ2v) is 13.7. The Morgan fingerprint density at radius 2 is 1.96 bits per heavy atom. The zero-order chi connectivity index (χ0) is 18.9. The van der Waals surface area contributed by atoms with E-state index in [2.05, 4.69) is 24.7 Å². The molecule has 0 atom stereocenters. The monoisotopic (exact) mass is 374 g/mol. The number of ether oxygens (including phenoxy) is 2. The van der Waals surface area contributed by atoms with E-state index in [0.29, 0.717) is 24.8 Å². The minimum absolute atomic E-state index is 0.193. The van der Waals surface area contributed by atoms with Crippen LogP contribution in [0.5, 0.6) is 0 Å². The summed E-state index contributed by atoms with van der Waals surface area (Å²) in [7, 11) is 0.174. The van der Waals surface area contributed by atoms with E-state index in [9.17, 15) is 9.59 Å². The van der Waals surface area contributed by atoms with Gasteiger partial charge >= 0.3 is 5.97 Å². The number of benzene rings is 1. The summed E-state index contributed by atoms with van der Waals surface area (Å²) in [6.45, 7) is 7.82. The first kappa shape index (κ1) is 18.8. The average molecular weight is 375 g/mol. The second kappa shape index (κ2) is 6.96. The van der Waals surface area contributed by atoms with Crippen molar-refractivity contribution in [1.29, 1.82) is 0 Å². The fraction of sp³-hybridized carbons (Fsp3) is 0.526. The normalized spacial score (nSPS) is 15.8. The van der Waals surface area contributed by atoms with Gasteiger partial charge in [-0.15, -0.1) is 0 Å². The third kappa shape index (κ3) is 3.59. The summed E-state index contributed by atoms with van der Waals surface area (Å²) in [5.74, 6) is -0.386. The van der Waals surface area contributed by atoms with Crippen molar-refractivity contribution in [2.24, 2.45) is 0 Å². The first-order chi connectivity index (χ1) is 12.3. The minimum atomic E-state index is -1.17. The highest BCUT2D eigenvalue weighted by Gasteiger charge is 2.56. The van der Waals surface area contributed by atoms with Crippen molar-refractivity contribution in [3.05, 3.63) is 40.2 Å². The van der Waals surface area contributed by atoms with Crippen LogP contribution < -0.4 is 5.43 Å². The Kier molecular flexibility index (Phi) is 5.03. The van der Waals surface area contributed by atoms with Gasteiger partial charge in [-0.25, -0.2) is 4.68 Å². The lowest BCUT2D eigenvalue weighted by Gasteiger charge is -2.18. The van der Waals surface area contributed by atoms with Gasteiger partial charge in [-0.05, 0) is 31.0 Å². The van der Waals surface area contributed by atoms with Crippen molar-refractivity contribution in [1.82, 2.24) is 9.78 Å². The molecule has 1 saturated carbocycles. The third-order valence-corrected chi connectivity index (χ3v) is 6.56. The van der Waals surface area contributed by atoms with Crippen LogP contribution in [0.3, 0.4) is 0 Å². The topological polar surface area (TPSA) is 70.4 Å². The minimum Gasteiger partial charge on any atom is -0.468 e. The molecule has 0 saturated heterocycles. The molecule has 0 bridgehead atoms. The fourth-order valence-electron chi connectivity index (χ4n) is 3.04. The molecule has 2 aromatic rings. The van der Waals surface area contributed by atoms with Crippen LogP contribution in [0.4, 0.5) is 0 Å². The molecule has 0 unspecified atom stereocenters. The van der Waals surface area contributed by atoms with Gasteiger partial charge in [-0.1, -0.05) is 31.8 Å². The largest absolute Gasteiger partial charge is 0.468 e. The number of nitrogens with zero attached hydrogens (tertiary/aromatic N) is 2. The van der Waals surface area contributed by atoms with E-state index < -0.39 is 13.5 Å². The average Bonchev–Trinajstić information content (AvgIpc) is 3.40. The van der Waals surface area contributed by atoms with Crippen LogP contribution in [-0.2, 0) is 26.4 Å². The Bertz CT molecular complexity index is 881. The molecule has 0 spiro atoms. The van der Waals surface area contributed by atoms with Crippen molar-refractivity contribution in [2.45, 2.75) is 50.7 Å². The molecule has 6 nitrogen and oxygen atoms in total. The van der Waals surface area contributed by atoms with Crippen molar-refractivity contribution >= 4 is 24.9 Å². The second-order valence-electron chi connectivity index (χ2n) is 8.12. The van der Waals surface area contributed by atoms with Crippen LogP contribution in [-0.4, -0.2) is 37.5 Å². The van der Waals surface area contributed by atoms with Crippen molar-refractivity contribution in [3.8, 4) is 0 Å². The quantitative estimate of drug-likeness (QED) is 0.423. The Hall–Kier alpha value is -1.99. The summed E-state index contributed by atoms with van der Waals surface area (Å²) < 4.78 is 12.5. The first-order valence-corrected chi connectivity index (χ1v) is 12.7. The van der Waals surface area contributed by atoms with Gasteiger partial charge in [0.2, 0.25) is 5.43 Å². The van der Waals surface area contributed by atoms with Gasteiger partial charge in [0.1, 0.15) is 17.8 Å². The molecule has 0 aliphatic heterocycles. The number of carbonyl (C=O) groups is 1. The van der Waals surface area contributed by atoms with E-state index >= 15 is 0 Å². The van der Waals surface area contributed by atoms with Crippen molar-refractivity contribution < 1.29 is 14.3 Å². The number of rotatable bonds is 7. The number of hydrogen-bond acceptors (Lipinski definition) is 5. The zero-order valence-corrected chi connectivity index (χ0v) is 16.9. The van der Waals surface area contributed by atoms with Gasteiger partial charge in [0.25, 0.3) is 0 Å². The number of hydrogen-bond donors (Lipinski definition) is 0. The van der Waals surface area contributed by atoms with Crippen LogP contribution in [0, 0.1) is 0 Å². The molecular formula is C19H26N2O4Si. The van der Waals surface area contributed by atoms with Crippen LogP contribution in [0.15, 0.2) is 29.1 Å². The van der Waals surface area contributed by atoms with Crippen molar-refractivity contribution in [3.63, 3.8) is 0 Å². The van der Waals surface area contributed by atoms with Gasteiger partial charge in [0.05, 0.1) is 12.6 Å².